The van der Waals surface area contributed by atoms with Crippen LogP contribution in [0.25, 0.3) is 12.2 Å². The first-order valence-corrected chi connectivity index (χ1v) is 4.46. The van der Waals surface area contributed by atoms with Gasteiger partial charge in [0, 0.05) is 6.20 Å². The zero-order valence-corrected chi connectivity index (χ0v) is 8.38. The van der Waals surface area contributed by atoms with Gasteiger partial charge in [-0.05, 0) is 25.1 Å². The summed E-state index contributed by atoms with van der Waals surface area (Å²) in [4.78, 5) is 10.2. The highest BCUT2D eigenvalue weighted by Gasteiger charge is 2.21. The number of aromatic nitrogens is 3. The van der Waals surface area contributed by atoms with Crippen LogP contribution in [0.3, 0.4) is 0 Å². The summed E-state index contributed by atoms with van der Waals surface area (Å²) in [5.74, 6) is 0.122. The van der Waals surface area contributed by atoms with E-state index in [0.717, 1.165) is 5.69 Å². The molecule has 0 aliphatic carbocycles. The van der Waals surface area contributed by atoms with Crippen LogP contribution in [0.1, 0.15) is 17.1 Å². The minimum absolute atomic E-state index is 0.115. The molecule has 7 heteroatoms. The number of aromatic amines is 1. The maximum Gasteiger partial charge on any atom is 0.338 e. The van der Waals surface area contributed by atoms with Gasteiger partial charge in [0.1, 0.15) is 0 Å². The van der Waals surface area contributed by atoms with Crippen molar-refractivity contribution in [2.75, 3.05) is 0 Å². The minimum Gasteiger partial charge on any atom is -0.349 e. The molecule has 0 aromatic carbocycles. The average Bonchev–Trinajstić information content (AvgIpc) is 2.83. The van der Waals surface area contributed by atoms with Crippen LogP contribution in [0, 0.1) is 17.0 Å². The van der Waals surface area contributed by atoms with E-state index >= 15 is 0 Å². The highest BCUT2D eigenvalue weighted by atomic mass is 16.6. The lowest BCUT2D eigenvalue weighted by atomic mass is 10.3. The molecule has 0 spiro atoms. The van der Waals surface area contributed by atoms with Crippen molar-refractivity contribution in [1.82, 2.24) is 15.4 Å². The molecule has 0 fully saturated rings. The predicted molar refractivity (Wildman–Crippen MR) is 55.4 cm³/mol. The predicted octanol–water partition coefficient (Wildman–Crippen LogP) is 1.78. The molecule has 0 aliphatic heterocycles. The summed E-state index contributed by atoms with van der Waals surface area (Å²) in [7, 11) is 0. The first kappa shape index (κ1) is 10.1. The number of aryl methyl sites for hydroxylation is 1. The van der Waals surface area contributed by atoms with E-state index in [2.05, 4.69) is 15.4 Å². The van der Waals surface area contributed by atoms with E-state index < -0.39 is 4.92 Å². The molecular weight excluding hydrogens is 212 g/mol. The Bertz CT molecular complexity index is 527. The Morgan fingerprint density at radius 3 is 3.00 bits per heavy atom. The van der Waals surface area contributed by atoms with Gasteiger partial charge < -0.3 is 4.52 Å². The minimum atomic E-state index is -0.515. The maximum absolute atomic E-state index is 10.7. The van der Waals surface area contributed by atoms with Gasteiger partial charge in [-0.1, -0.05) is 5.16 Å². The number of H-pyrrole nitrogens is 1. The molecule has 2 aromatic rings. The highest BCUT2D eigenvalue weighted by Crippen LogP contribution is 2.24. The summed E-state index contributed by atoms with van der Waals surface area (Å²) in [5, 5.41) is 20.7. The molecule has 0 radical (unpaired) electrons. The summed E-state index contributed by atoms with van der Waals surface area (Å²) in [5.41, 5.74) is 0.869. The molecule has 0 unspecified atom stereocenters. The van der Waals surface area contributed by atoms with Crippen LogP contribution >= 0.6 is 0 Å². The molecular formula is C9H8N4O3. The third-order valence-electron chi connectivity index (χ3n) is 1.98. The van der Waals surface area contributed by atoms with E-state index in [4.69, 9.17) is 4.52 Å². The molecule has 0 bridgehead atoms. The number of hydrogen-bond donors (Lipinski definition) is 1. The van der Waals surface area contributed by atoms with Crippen LogP contribution < -0.4 is 0 Å². The summed E-state index contributed by atoms with van der Waals surface area (Å²) >= 11 is 0. The first-order chi connectivity index (χ1) is 7.68. The van der Waals surface area contributed by atoms with Gasteiger partial charge in [0.05, 0.1) is 10.6 Å². The fourth-order valence-electron chi connectivity index (χ4n) is 1.24. The van der Waals surface area contributed by atoms with Gasteiger partial charge in [-0.25, -0.2) is 0 Å². The average molecular weight is 220 g/mol. The normalized spacial score (nSPS) is 11.1. The molecule has 82 valence electrons. The van der Waals surface area contributed by atoms with Gasteiger partial charge in [0.25, 0.3) is 0 Å². The second-order valence-corrected chi connectivity index (χ2v) is 3.08. The standard InChI is InChI=1S/C9H8N4O3/c1-6-9(13(14)15)8(16-12-6)3-2-7-4-5-10-11-7/h2-5H,1H3,(H,10,11). The van der Waals surface area contributed by atoms with Crippen LogP contribution in [-0.2, 0) is 0 Å². The van der Waals surface area contributed by atoms with Crippen molar-refractivity contribution < 1.29 is 9.45 Å². The van der Waals surface area contributed by atoms with E-state index in [1.165, 1.54) is 13.0 Å². The number of rotatable bonds is 3. The number of nitro groups is 1. The Morgan fingerprint density at radius 1 is 1.56 bits per heavy atom. The second-order valence-electron chi connectivity index (χ2n) is 3.08. The Labute approximate surface area is 89.9 Å². The fraction of sp³-hybridized carbons (Fsp3) is 0.111. The zero-order chi connectivity index (χ0) is 11.5. The van der Waals surface area contributed by atoms with Crippen molar-refractivity contribution in [3.63, 3.8) is 0 Å². The Balaban J connectivity index is 2.32. The summed E-state index contributed by atoms with van der Waals surface area (Å²) in [6.07, 6.45) is 4.69. The van der Waals surface area contributed by atoms with E-state index in [1.54, 1.807) is 18.3 Å². The van der Waals surface area contributed by atoms with Crippen LogP contribution in [0.4, 0.5) is 5.69 Å². The fourth-order valence-corrected chi connectivity index (χ4v) is 1.24. The van der Waals surface area contributed by atoms with Gasteiger partial charge in [-0.2, -0.15) is 5.10 Å². The van der Waals surface area contributed by atoms with Crippen LogP contribution in [0.2, 0.25) is 0 Å². The van der Waals surface area contributed by atoms with Crippen molar-refractivity contribution in [2.45, 2.75) is 6.92 Å². The molecule has 2 rings (SSSR count). The molecule has 7 nitrogen and oxygen atoms in total. The van der Waals surface area contributed by atoms with Gasteiger partial charge in [0.15, 0.2) is 5.69 Å². The molecule has 0 saturated heterocycles. The Morgan fingerprint density at radius 2 is 2.38 bits per heavy atom. The lowest BCUT2D eigenvalue weighted by Crippen LogP contribution is -1.90. The molecule has 16 heavy (non-hydrogen) atoms. The smallest absolute Gasteiger partial charge is 0.338 e. The van der Waals surface area contributed by atoms with E-state index in [9.17, 15) is 10.1 Å². The molecule has 0 amide bonds. The number of nitrogens with zero attached hydrogens (tertiary/aromatic N) is 3. The summed E-state index contributed by atoms with van der Waals surface area (Å²) < 4.78 is 4.84. The zero-order valence-electron chi connectivity index (χ0n) is 8.38. The SMILES string of the molecule is Cc1noc(C=Cc2ccn[nH]2)c1[N+](=O)[O-]. The first-order valence-electron chi connectivity index (χ1n) is 4.46. The lowest BCUT2D eigenvalue weighted by Gasteiger charge is -1.87. The van der Waals surface area contributed by atoms with E-state index in [-0.39, 0.29) is 17.1 Å². The highest BCUT2D eigenvalue weighted by molar-refractivity contribution is 5.70. The van der Waals surface area contributed by atoms with Crippen molar-refractivity contribution in [3.05, 3.63) is 39.5 Å². The monoisotopic (exact) mass is 220 g/mol. The third kappa shape index (κ3) is 1.83. The molecule has 0 aliphatic rings. The van der Waals surface area contributed by atoms with Crippen molar-refractivity contribution >= 4 is 17.8 Å². The third-order valence-corrected chi connectivity index (χ3v) is 1.98. The Kier molecular flexibility index (Phi) is 2.50. The van der Waals surface area contributed by atoms with Gasteiger partial charge in [-0.15, -0.1) is 0 Å². The van der Waals surface area contributed by atoms with Crippen LogP contribution in [0.5, 0.6) is 0 Å². The van der Waals surface area contributed by atoms with Gasteiger partial charge in [0.2, 0.25) is 5.76 Å². The van der Waals surface area contributed by atoms with Gasteiger partial charge in [-0.3, -0.25) is 15.2 Å². The molecule has 0 saturated carbocycles. The molecule has 2 heterocycles. The van der Waals surface area contributed by atoms with Gasteiger partial charge >= 0.3 is 5.69 Å². The largest absolute Gasteiger partial charge is 0.349 e. The molecule has 2 aromatic heterocycles. The van der Waals surface area contributed by atoms with Crippen molar-refractivity contribution in [1.29, 1.82) is 0 Å². The van der Waals surface area contributed by atoms with E-state index in [1.807, 2.05) is 0 Å². The maximum atomic E-state index is 10.7. The molecule has 0 atom stereocenters. The second kappa shape index (κ2) is 3.97. The topological polar surface area (TPSA) is 97.8 Å². The lowest BCUT2D eigenvalue weighted by molar-refractivity contribution is -0.386. The summed E-state index contributed by atoms with van der Waals surface area (Å²) in [6, 6.07) is 1.73. The van der Waals surface area contributed by atoms with Crippen LogP contribution in [-0.4, -0.2) is 20.3 Å². The van der Waals surface area contributed by atoms with Crippen LogP contribution in [0.15, 0.2) is 16.8 Å². The van der Waals surface area contributed by atoms with Crippen molar-refractivity contribution in [2.24, 2.45) is 0 Å². The number of nitrogens with one attached hydrogen (secondary N) is 1. The van der Waals surface area contributed by atoms with Crippen molar-refractivity contribution in [3.8, 4) is 0 Å². The van der Waals surface area contributed by atoms with E-state index in [0.29, 0.717) is 0 Å². The summed E-state index contributed by atoms with van der Waals surface area (Å²) in [6.45, 7) is 1.52. The quantitative estimate of drug-likeness (QED) is 0.628. The Hall–Kier alpha value is -2.44. The molecule has 1 N–H and O–H groups in total. The number of hydrogen-bond acceptors (Lipinski definition) is 5.